The largest absolute Gasteiger partial charge is 0.493 e. The summed E-state index contributed by atoms with van der Waals surface area (Å²) in [4.78, 5) is 0. The second-order valence-corrected chi connectivity index (χ2v) is 7.80. The van der Waals surface area contributed by atoms with Crippen molar-refractivity contribution in [3.63, 3.8) is 0 Å². The molecule has 0 N–H and O–H groups in total. The molecule has 0 saturated carbocycles. The first kappa shape index (κ1) is 18.3. The first-order chi connectivity index (χ1) is 12.4. The zero-order valence-electron chi connectivity index (χ0n) is 16.2. The first-order valence-corrected chi connectivity index (χ1v) is 9.25. The van der Waals surface area contributed by atoms with Gasteiger partial charge in [-0.2, -0.15) is 0 Å². The van der Waals surface area contributed by atoms with Crippen molar-refractivity contribution in [3.8, 4) is 5.75 Å². The van der Waals surface area contributed by atoms with Crippen molar-refractivity contribution in [3.05, 3.63) is 102 Å². The molecule has 26 heavy (non-hydrogen) atoms. The van der Waals surface area contributed by atoms with Crippen LogP contribution in [0, 0.1) is 12.3 Å². The third-order valence-corrected chi connectivity index (χ3v) is 5.74. The number of rotatable bonds is 6. The van der Waals surface area contributed by atoms with Gasteiger partial charge in [0.25, 0.3) is 0 Å². The molecule has 134 valence electrons. The molecule has 0 aliphatic heterocycles. The Morgan fingerprint density at radius 2 is 1.12 bits per heavy atom. The first-order valence-electron chi connectivity index (χ1n) is 9.25. The molecule has 0 fully saturated rings. The van der Waals surface area contributed by atoms with Gasteiger partial charge in [0.05, 0.1) is 6.61 Å². The minimum absolute atomic E-state index is 0.113. The average Bonchev–Trinajstić information content (AvgIpc) is 2.68. The van der Waals surface area contributed by atoms with Gasteiger partial charge in [-0.15, -0.1) is 0 Å². The van der Waals surface area contributed by atoms with E-state index in [-0.39, 0.29) is 10.8 Å². The highest BCUT2D eigenvalue weighted by molar-refractivity contribution is 5.41. The minimum Gasteiger partial charge on any atom is -0.493 e. The van der Waals surface area contributed by atoms with E-state index < -0.39 is 0 Å². The maximum atomic E-state index is 6.29. The second-order valence-electron chi connectivity index (χ2n) is 7.80. The minimum atomic E-state index is -0.168. The Morgan fingerprint density at radius 1 is 0.654 bits per heavy atom. The van der Waals surface area contributed by atoms with Crippen molar-refractivity contribution in [2.45, 2.75) is 33.1 Å². The summed E-state index contributed by atoms with van der Waals surface area (Å²) in [5, 5.41) is 0. The normalized spacial score (nSPS) is 12.0. The van der Waals surface area contributed by atoms with Crippen LogP contribution in [0.25, 0.3) is 0 Å². The van der Waals surface area contributed by atoms with Gasteiger partial charge in [-0.3, -0.25) is 0 Å². The molecule has 0 radical (unpaired) electrons. The van der Waals surface area contributed by atoms with Crippen LogP contribution in [-0.2, 0) is 5.41 Å². The van der Waals surface area contributed by atoms with Crippen LogP contribution < -0.4 is 4.74 Å². The standard InChI is InChI=1S/C25H28O/c1-20-13-11-12-18-23(20)26-19-24(2,3)25(4,21-14-7-5-8-15-21)22-16-9-6-10-17-22/h5-18H,19H2,1-4H3. The highest BCUT2D eigenvalue weighted by Crippen LogP contribution is 2.47. The Morgan fingerprint density at radius 3 is 1.62 bits per heavy atom. The lowest BCUT2D eigenvalue weighted by atomic mass is 9.60. The van der Waals surface area contributed by atoms with Gasteiger partial charge >= 0.3 is 0 Å². The number of para-hydroxylation sites is 1. The van der Waals surface area contributed by atoms with Gasteiger partial charge in [0.2, 0.25) is 0 Å². The van der Waals surface area contributed by atoms with Crippen LogP contribution in [0.4, 0.5) is 0 Å². The number of ether oxygens (including phenoxy) is 1. The number of aryl methyl sites for hydroxylation is 1. The molecule has 0 aromatic heterocycles. The Balaban J connectivity index is 1.99. The molecule has 1 nitrogen and oxygen atoms in total. The van der Waals surface area contributed by atoms with E-state index in [2.05, 4.69) is 94.4 Å². The van der Waals surface area contributed by atoms with Crippen LogP contribution in [0.15, 0.2) is 84.9 Å². The van der Waals surface area contributed by atoms with Crippen LogP contribution in [0.2, 0.25) is 0 Å². The average molecular weight is 344 g/mol. The van der Waals surface area contributed by atoms with Crippen LogP contribution in [0.1, 0.15) is 37.5 Å². The fourth-order valence-electron chi connectivity index (χ4n) is 3.61. The topological polar surface area (TPSA) is 9.23 Å². The summed E-state index contributed by atoms with van der Waals surface area (Å²) >= 11 is 0. The lowest BCUT2D eigenvalue weighted by molar-refractivity contribution is 0.114. The Kier molecular flexibility index (Phi) is 5.18. The van der Waals surface area contributed by atoms with E-state index in [9.17, 15) is 0 Å². The molecule has 3 aromatic carbocycles. The van der Waals surface area contributed by atoms with Gasteiger partial charge in [-0.1, -0.05) is 99.6 Å². The van der Waals surface area contributed by atoms with Gasteiger partial charge in [-0.05, 0) is 29.7 Å². The van der Waals surface area contributed by atoms with Crippen LogP contribution in [-0.4, -0.2) is 6.61 Å². The van der Waals surface area contributed by atoms with E-state index in [1.54, 1.807) is 0 Å². The van der Waals surface area contributed by atoms with Crippen molar-refractivity contribution in [1.29, 1.82) is 0 Å². The smallest absolute Gasteiger partial charge is 0.122 e. The summed E-state index contributed by atoms with van der Waals surface area (Å²) in [5.41, 5.74) is 3.51. The third kappa shape index (κ3) is 3.39. The van der Waals surface area contributed by atoms with Crippen molar-refractivity contribution in [2.24, 2.45) is 5.41 Å². The maximum absolute atomic E-state index is 6.29. The van der Waals surface area contributed by atoms with E-state index in [1.807, 2.05) is 18.2 Å². The Labute approximate surface area is 157 Å². The van der Waals surface area contributed by atoms with Gasteiger partial charge in [-0.25, -0.2) is 0 Å². The van der Waals surface area contributed by atoms with Crippen molar-refractivity contribution < 1.29 is 4.74 Å². The fourth-order valence-corrected chi connectivity index (χ4v) is 3.61. The summed E-state index contributed by atoms with van der Waals surface area (Å²) < 4.78 is 6.29. The van der Waals surface area contributed by atoms with E-state index in [0.717, 1.165) is 5.75 Å². The van der Waals surface area contributed by atoms with Gasteiger partial charge in [0, 0.05) is 10.8 Å². The molecule has 3 aromatic rings. The Hall–Kier alpha value is -2.54. The van der Waals surface area contributed by atoms with Gasteiger partial charge < -0.3 is 4.74 Å². The summed E-state index contributed by atoms with van der Waals surface area (Å²) in [6.07, 6.45) is 0. The molecule has 1 heteroatoms. The molecule has 0 heterocycles. The third-order valence-electron chi connectivity index (χ3n) is 5.74. The molecule has 0 aliphatic carbocycles. The van der Waals surface area contributed by atoms with Crippen molar-refractivity contribution >= 4 is 0 Å². The molecule has 0 atom stereocenters. The molecular weight excluding hydrogens is 316 g/mol. The van der Waals surface area contributed by atoms with E-state index in [4.69, 9.17) is 4.74 Å². The molecule has 0 amide bonds. The van der Waals surface area contributed by atoms with Crippen LogP contribution in [0.3, 0.4) is 0 Å². The fraction of sp³-hybridized carbons (Fsp3) is 0.280. The van der Waals surface area contributed by atoms with Crippen molar-refractivity contribution in [2.75, 3.05) is 6.61 Å². The molecule has 0 saturated heterocycles. The SMILES string of the molecule is Cc1ccccc1OCC(C)(C)C(C)(c1ccccc1)c1ccccc1. The molecule has 0 spiro atoms. The van der Waals surface area contributed by atoms with Crippen molar-refractivity contribution in [1.82, 2.24) is 0 Å². The molecule has 3 rings (SSSR count). The predicted molar refractivity (Wildman–Crippen MR) is 110 cm³/mol. The molecule has 0 bridgehead atoms. The summed E-state index contributed by atoms with van der Waals surface area (Å²) in [5.74, 6) is 0.962. The number of hydrogen-bond donors (Lipinski definition) is 0. The van der Waals surface area contributed by atoms with Gasteiger partial charge in [0.1, 0.15) is 5.75 Å². The maximum Gasteiger partial charge on any atom is 0.122 e. The Bertz CT molecular complexity index is 795. The molecular formula is C25H28O. The lowest BCUT2D eigenvalue weighted by Crippen LogP contribution is -2.44. The summed E-state index contributed by atoms with van der Waals surface area (Å²) in [7, 11) is 0. The van der Waals surface area contributed by atoms with E-state index >= 15 is 0 Å². The summed E-state index contributed by atoms with van der Waals surface area (Å²) in [6.45, 7) is 9.66. The van der Waals surface area contributed by atoms with Crippen LogP contribution in [0.5, 0.6) is 5.75 Å². The monoisotopic (exact) mass is 344 g/mol. The second kappa shape index (κ2) is 7.37. The molecule has 0 aliphatic rings. The number of hydrogen-bond acceptors (Lipinski definition) is 1. The zero-order valence-corrected chi connectivity index (χ0v) is 16.2. The van der Waals surface area contributed by atoms with E-state index in [1.165, 1.54) is 16.7 Å². The highest BCUT2D eigenvalue weighted by atomic mass is 16.5. The number of benzene rings is 3. The van der Waals surface area contributed by atoms with Crippen LogP contribution >= 0.6 is 0 Å². The quantitative estimate of drug-likeness (QED) is 0.502. The highest BCUT2D eigenvalue weighted by Gasteiger charge is 2.44. The van der Waals surface area contributed by atoms with E-state index in [0.29, 0.717) is 6.61 Å². The summed E-state index contributed by atoms with van der Waals surface area (Å²) in [6, 6.07) is 29.7. The molecule has 0 unspecified atom stereocenters. The lowest BCUT2D eigenvalue weighted by Gasteiger charge is -2.45. The zero-order chi connectivity index (χ0) is 18.6. The predicted octanol–water partition coefficient (Wildman–Crippen LogP) is 6.41. The van der Waals surface area contributed by atoms with Gasteiger partial charge in [0.15, 0.2) is 0 Å².